The van der Waals surface area contributed by atoms with Gasteiger partial charge in [-0.1, -0.05) is 0 Å². The molecule has 2 rings (SSSR count). The molecule has 1 saturated heterocycles. The molecule has 2 fully saturated rings. The lowest BCUT2D eigenvalue weighted by atomic mass is 9.89. The highest BCUT2D eigenvalue weighted by molar-refractivity contribution is 4.88. The zero-order valence-electron chi connectivity index (χ0n) is 7.88. The fourth-order valence-electron chi connectivity index (χ4n) is 2.36. The molecule has 1 heterocycles. The minimum atomic E-state index is 0.634. The van der Waals surface area contributed by atoms with Gasteiger partial charge in [-0.05, 0) is 44.1 Å². The fraction of sp³-hybridized carbons (Fsp3) is 1.00. The van der Waals surface area contributed by atoms with Crippen molar-refractivity contribution in [1.82, 2.24) is 5.32 Å². The van der Waals surface area contributed by atoms with Gasteiger partial charge < -0.3 is 10.1 Å². The zero-order chi connectivity index (χ0) is 8.39. The number of methoxy groups -OCH3 is 1. The van der Waals surface area contributed by atoms with Crippen LogP contribution in [0.4, 0.5) is 0 Å². The second kappa shape index (κ2) is 3.75. The smallest absolute Gasteiger partial charge is 0.0615 e. The van der Waals surface area contributed by atoms with Crippen molar-refractivity contribution in [2.24, 2.45) is 11.8 Å². The van der Waals surface area contributed by atoms with Crippen molar-refractivity contribution in [3.63, 3.8) is 0 Å². The topological polar surface area (TPSA) is 21.3 Å². The first-order valence-corrected chi connectivity index (χ1v) is 5.12. The van der Waals surface area contributed by atoms with Crippen LogP contribution in [0.3, 0.4) is 0 Å². The van der Waals surface area contributed by atoms with E-state index >= 15 is 0 Å². The summed E-state index contributed by atoms with van der Waals surface area (Å²) >= 11 is 0. The van der Waals surface area contributed by atoms with Crippen LogP contribution in [0.15, 0.2) is 0 Å². The summed E-state index contributed by atoms with van der Waals surface area (Å²) < 4.78 is 5.17. The minimum Gasteiger partial charge on any atom is -0.383 e. The average Bonchev–Trinajstić information content (AvgIpc) is 2.88. The van der Waals surface area contributed by atoms with Crippen LogP contribution in [0, 0.1) is 11.8 Å². The van der Waals surface area contributed by atoms with Gasteiger partial charge in [0.15, 0.2) is 0 Å². The van der Waals surface area contributed by atoms with E-state index in [2.05, 4.69) is 5.32 Å². The fourth-order valence-corrected chi connectivity index (χ4v) is 2.36. The lowest BCUT2D eigenvalue weighted by Crippen LogP contribution is -2.41. The van der Waals surface area contributed by atoms with Crippen LogP contribution in [0.5, 0.6) is 0 Å². The molecule has 2 unspecified atom stereocenters. The van der Waals surface area contributed by atoms with Crippen molar-refractivity contribution < 1.29 is 4.74 Å². The minimum absolute atomic E-state index is 0.634. The molecule has 1 aliphatic carbocycles. The predicted molar refractivity (Wildman–Crippen MR) is 49.1 cm³/mol. The van der Waals surface area contributed by atoms with E-state index in [1.54, 1.807) is 7.11 Å². The van der Waals surface area contributed by atoms with Gasteiger partial charge in [0.25, 0.3) is 0 Å². The van der Waals surface area contributed by atoms with Gasteiger partial charge in [-0.15, -0.1) is 0 Å². The molecule has 1 N–H and O–H groups in total. The molecule has 0 aromatic carbocycles. The number of nitrogens with one attached hydrogen (secondary N) is 1. The molecule has 1 saturated carbocycles. The number of ether oxygens (including phenoxy) is 1. The maximum absolute atomic E-state index is 5.17. The summed E-state index contributed by atoms with van der Waals surface area (Å²) in [5.74, 6) is 2.08. The summed E-state index contributed by atoms with van der Waals surface area (Å²) in [5, 5.41) is 3.51. The van der Waals surface area contributed by atoms with Crippen molar-refractivity contribution in [3.8, 4) is 0 Å². The highest BCUT2D eigenvalue weighted by Crippen LogP contribution is 2.41. The van der Waals surface area contributed by atoms with Gasteiger partial charge in [0.05, 0.1) is 6.61 Å². The number of rotatable bonds is 3. The Bertz CT molecular complexity index is 143. The second-order valence-electron chi connectivity index (χ2n) is 4.23. The third-order valence-corrected chi connectivity index (χ3v) is 3.19. The standard InChI is InChI=1S/C10H19NO/c1-12-7-10-6-9(4-5-11-10)8-2-3-8/h8-11H,2-7H2,1H3. The average molecular weight is 169 g/mol. The Labute approximate surface area is 74.7 Å². The lowest BCUT2D eigenvalue weighted by Gasteiger charge is -2.29. The second-order valence-corrected chi connectivity index (χ2v) is 4.23. The van der Waals surface area contributed by atoms with Gasteiger partial charge in [-0.25, -0.2) is 0 Å². The summed E-state index contributed by atoms with van der Waals surface area (Å²) in [5.41, 5.74) is 0. The van der Waals surface area contributed by atoms with Gasteiger partial charge in [-0.2, -0.15) is 0 Å². The van der Waals surface area contributed by atoms with Crippen molar-refractivity contribution in [3.05, 3.63) is 0 Å². The van der Waals surface area contributed by atoms with Gasteiger partial charge >= 0.3 is 0 Å². The maximum atomic E-state index is 5.17. The predicted octanol–water partition coefficient (Wildman–Crippen LogP) is 1.41. The molecule has 0 spiro atoms. The van der Waals surface area contributed by atoms with Crippen molar-refractivity contribution in [2.45, 2.75) is 31.7 Å². The molecule has 0 bridgehead atoms. The summed E-state index contributed by atoms with van der Waals surface area (Å²) in [6, 6.07) is 0.634. The van der Waals surface area contributed by atoms with Crippen LogP contribution in [0.25, 0.3) is 0 Å². The Morgan fingerprint density at radius 3 is 2.75 bits per heavy atom. The summed E-state index contributed by atoms with van der Waals surface area (Å²) in [7, 11) is 1.79. The zero-order valence-corrected chi connectivity index (χ0v) is 7.88. The third kappa shape index (κ3) is 1.99. The van der Waals surface area contributed by atoms with Crippen LogP contribution in [0.1, 0.15) is 25.7 Å². The Hall–Kier alpha value is -0.0800. The molecule has 0 radical (unpaired) electrons. The van der Waals surface area contributed by atoms with Gasteiger partial charge in [0.1, 0.15) is 0 Å². The highest BCUT2D eigenvalue weighted by atomic mass is 16.5. The number of piperidine rings is 1. The van der Waals surface area contributed by atoms with Crippen molar-refractivity contribution >= 4 is 0 Å². The molecular weight excluding hydrogens is 150 g/mol. The molecule has 1 aliphatic heterocycles. The van der Waals surface area contributed by atoms with Crippen molar-refractivity contribution in [2.75, 3.05) is 20.3 Å². The maximum Gasteiger partial charge on any atom is 0.0615 e. The summed E-state index contributed by atoms with van der Waals surface area (Å²) in [6.45, 7) is 2.10. The first-order chi connectivity index (χ1) is 5.90. The normalized spacial score (nSPS) is 36.8. The molecule has 2 nitrogen and oxygen atoms in total. The monoisotopic (exact) mass is 169 g/mol. The van der Waals surface area contributed by atoms with Gasteiger partial charge in [0, 0.05) is 13.2 Å². The molecule has 0 aromatic rings. The molecule has 2 heteroatoms. The van der Waals surface area contributed by atoms with E-state index in [1.165, 1.54) is 32.2 Å². The van der Waals surface area contributed by atoms with Gasteiger partial charge in [0.2, 0.25) is 0 Å². The highest BCUT2D eigenvalue weighted by Gasteiger charge is 2.34. The van der Waals surface area contributed by atoms with Gasteiger partial charge in [-0.3, -0.25) is 0 Å². The van der Waals surface area contributed by atoms with E-state index in [9.17, 15) is 0 Å². The summed E-state index contributed by atoms with van der Waals surface area (Å²) in [6.07, 6.45) is 5.72. The van der Waals surface area contributed by atoms with Crippen LogP contribution in [-0.2, 0) is 4.74 Å². The summed E-state index contributed by atoms with van der Waals surface area (Å²) in [4.78, 5) is 0. The first-order valence-electron chi connectivity index (χ1n) is 5.12. The Morgan fingerprint density at radius 2 is 2.08 bits per heavy atom. The quantitative estimate of drug-likeness (QED) is 0.689. The first kappa shape index (κ1) is 8.52. The third-order valence-electron chi connectivity index (χ3n) is 3.19. The van der Waals surface area contributed by atoms with E-state index in [0.29, 0.717) is 6.04 Å². The van der Waals surface area contributed by atoms with E-state index in [0.717, 1.165) is 18.4 Å². The Kier molecular flexibility index (Phi) is 2.66. The van der Waals surface area contributed by atoms with E-state index < -0.39 is 0 Å². The van der Waals surface area contributed by atoms with Crippen LogP contribution in [0.2, 0.25) is 0 Å². The SMILES string of the molecule is COCC1CC(C2CC2)CCN1. The molecular formula is C10H19NO. The Morgan fingerprint density at radius 1 is 1.25 bits per heavy atom. The van der Waals surface area contributed by atoms with E-state index in [4.69, 9.17) is 4.74 Å². The van der Waals surface area contributed by atoms with E-state index in [-0.39, 0.29) is 0 Å². The van der Waals surface area contributed by atoms with Crippen LogP contribution >= 0.6 is 0 Å². The van der Waals surface area contributed by atoms with Crippen LogP contribution in [-0.4, -0.2) is 26.3 Å². The van der Waals surface area contributed by atoms with E-state index in [1.807, 2.05) is 0 Å². The number of hydrogen-bond donors (Lipinski definition) is 1. The molecule has 12 heavy (non-hydrogen) atoms. The molecule has 0 aromatic heterocycles. The lowest BCUT2D eigenvalue weighted by molar-refractivity contribution is 0.134. The van der Waals surface area contributed by atoms with Crippen LogP contribution < -0.4 is 5.32 Å². The number of hydrogen-bond acceptors (Lipinski definition) is 2. The Balaban J connectivity index is 1.77. The molecule has 0 amide bonds. The molecule has 70 valence electrons. The molecule has 2 atom stereocenters. The molecule has 2 aliphatic rings. The largest absolute Gasteiger partial charge is 0.383 e. The van der Waals surface area contributed by atoms with Crippen molar-refractivity contribution in [1.29, 1.82) is 0 Å².